The van der Waals surface area contributed by atoms with E-state index < -0.39 is 0 Å². The fourth-order valence-corrected chi connectivity index (χ4v) is 2.40. The van der Waals surface area contributed by atoms with Crippen molar-refractivity contribution in [3.63, 3.8) is 0 Å². The minimum atomic E-state index is 0.165. The highest BCUT2D eigenvalue weighted by Gasteiger charge is 2.31. The SMILES string of the molecule is CC.CCN1C(C)=C(C#N)C2=CC=C(OC)C=CC21. The van der Waals surface area contributed by atoms with Gasteiger partial charge < -0.3 is 9.64 Å². The van der Waals surface area contributed by atoms with Crippen molar-refractivity contribution in [2.24, 2.45) is 0 Å². The van der Waals surface area contributed by atoms with E-state index in [2.05, 4.69) is 24.0 Å². The molecule has 1 atom stereocenters. The fraction of sp³-hybridized carbons (Fsp3) is 0.438. The minimum absolute atomic E-state index is 0.165. The van der Waals surface area contributed by atoms with Gasteiger partial charge in [-0.2, -0.15) is 5.26 Å². The summed E-state index contributed by atoms with van der Waals surface area (Å²) in [5.41, 5.74) is 2.91. The fourth-order valence-electron chi connectivity index (χ4n) is 2.40. The molecule has 0 aromatic carbocycles. The molecule has 3 heteroatoms. The molecule has 0 saturated carbocycles. The maximum atomic E-state index is 9.25. The monoisotopic (exact) mass is 258 g/mol. The molecular formula is C16H22N2O. The van der Waals surface area contributed by atoms with Gasteiger partial charge in [-0.05, 0) is 31.6 Å². The molecule has 1 aliphatic heterocycles. The van der Waals surface area contributed by atoms with Crippen molar-refractivity contribution < 1.29 is 4.74 Å². The van der Waals surface area contributed by atoms with Crippen LogP contribution in [0.5, 0.6) is 0 Å². The topological polar surface area (TPSA) is 36.3 Å². The first-order valence-electron chi connectivity index (χ1n) is 6.75. The molecule has 0 bridgehead atoms. The molecule has 1 unspecified atom stereocenters. The second-order valence-corrected chi connectivity index (χ2v) is 4.06. The number of fused-ring (bicyclic) bond motifs is 1. The van der Waals surface area contributed by atoms with Crippen LogP contribution in [-0.2, 0) is 4.74 Å². The minimum Gasteiger partial charge on any atom is -0.497 e. The molecule has 2 rings (SSSR count). The van der Waals surface area contributed by atoms with Crippen LogP contribution < -0.4 is 0 Å². The molecule has 0 spiro atoms. The number of nitriles is 1. The lowest BCUT2D eigenvalue weighted by Crippen LogP contribution is -2.28. The van der Waals surface area contributed by atoms with E-state index in [0.717, 1.165) is 29.1 Å². The summed E-state index contributed by atoms with van der Waals surface area (Å²) in [6.45, 7) is 9.00. The molecule has 0 aromatic rings. The van der Waals surface area contributed by atoms with Gasteiger partial charge in [0.2, 0.25) is 0 Å². The Hall–Kier alpha value is -1.95. The molecule has 1 aliphatic carbocycles. The maximum absolute atomic E-state index is 9.25. The van der Waals surface area contributed by atoms with Gasteiger partial charge in [-0.25, -0.2) is 0 Å². The van der Waals surface area contributed by atoms with Crippen LogP contribution in [0.1, 0.15) is 27.7 Å². The van der Waals surface area contributed by atoms with E-state index in [1.807, 2.05) is 39.0 Å². The number of hydrogen-bond donors (Lipinski definition) is 0. The highest BCUT2D eigenvalue weighted by atomic mass is 16.5. The summed E-state index contributed by atoms with van der Waals surface area (Å²) >= 11 is 0. The maximum Gasteiger partial charge on any atom is 0.118 e. The van der Waals surface area contributed by atoms with Crippen molar-refractivity contribution in [1.29, 1.82) is 5.26 Å². The zero-order chi connectivity index (χ0) is 14.4. The zero-order valence-electron chi connectivity index (χ0n) is 12.4. The van der Waals surface area contributed by atoms with E-state index in [4.69, 9.17) is 4.74 Å². The second-order valence-electron chi connectivity index (χ2n) is 4.06. The number of allylic oxidation sites excluding steroid dienone is 4. The van der Waals surface area contributed by atoms with E-state index in [1.165, 1.54) is 0 Å². The van der Waals surface area contributed by atoms with Gasteiger partial charge in [0.05, 0.1) is 18.7 Å². The summed E-state index contributed by atoms with van der Waals surface area (Å²) in [7, 11) is 1.65. The van der Waals surface area contributed by atoms with Crippen LogP contribution in [0.3, 0.4) is 0 Å². The van der Waals surface area contributed by atoms with Gasteiger partial charge in [-0.3, -0.25) is 0 Å². The summed E-state index contributed by atoms with van der Waals surface area (Å²) in [6.07, 6.45) is 7.95. The van der Waals surface area contributed by atoms with E-state index in [1.54, 1.807) is 7.11 Å². The molecule has 0 N–H and O–H groups in total. The Bertz CT molecular complexity index is 489. The molecule has 0 saturated heterocycles. The van der Waals surface area contributed by atoms with Crippen LogP contribution in [0, 0.1) is 11.3 Å². The summed E-state index contributed by atoms with van der Waals surface area (Å²) in [5, 5.41) is 9.25. The van der Waals surface area contributed by atoms with Crippen LogP contribution in [0.4, 0.5) is 0 Å². The number of likely N-dealkylation sites (N-methyl/N-ethyl adjacent to an activating group) is 1. The lowest BCUT2D eigenvalue weighted by Gasteiger charge is -2.24. The van der Waals surface area contributed by atoms with Crippen molar-refractivity contribution in [2.45, 2.75) is 33.7 Å². The molecule has 19 heavy (non-hydrogen) atoms. The quantitative estimate of drug-likeness (QED) is 0.760. The van der Waals surface area contributed by atoms with Crippen LogP contribution in [0.2, 0.25) is 0 Å². The van der Waals surface area contributed by atoms with Crippen molar-refractivity contribution in [3.05, 3.63) is 46.9 Å². The van der Waals surface area contributed by atoms with Crippen molar-refractivity contribution >= 4 is 0 Å². The molecule has 102 valence electrons. The van der Waals surface area contributed by atoms with Crippen molar-refractivity contribution in [1.82, 2.24) is 4.90 Å². The number of hydrogen-bond acceptors (Lipinski definition) is 3. The van der Waals surface area contributed by atoms with Gasteiger partial charge in [-0.1, -0.05) is 26.0 Å². The average molecular weight is 258 g/mol. The van der Waals surface area contributed by atoms with Gasteiger partial charge in [0.1, 0.15) is 11.8 Å². The normalized spacial score (nSPS) is 20.6. The molecule has 2 aliphatic rings. The largest absolute Gasteiger partial charge is 0.497 e. The smallest absolute Gasteiger partial charge is 0.118 e. The molecule has 0 aromatic heterocycles. The Balaban J connectivity index is 0.000000861. The third-order valence-corrected chi connectivity index (χ3v) is 3.29. The third-order valence-electron chi connectivity index (χ3n) is 3.29. The number of rotatable bonds is 2. The summed E-state index contributed by atoms with van der Waals surface area (Å²) in [4.78, 5) is 2.23. The summed E-state index contributed by atoms with van der Waals surface area (Å²) in [5.74, 6) is 0.817. The van der Waals surface area contributed by atoms with Gasteiger partial charge >= 0.3 is 0 Å². The van der Waals surface area contributed by atoms with E-state index in [0.29, 0.717) is 0 Å². The predicted octanol–water partition coefficient (Wildman–Crippen LogP) is 3.54. The van der Waals surface area contributed by atoms with Gasteiger partial charge in [0.25, 0.3) is 0 Å². The Morgan fingerprint density at radius 2 is 2.05 bits per heavy atom. The van der Waals surface area contributed by atoms with Crippen LogP contribution in [0.15, 0.2) is 46.9 Å². The van der Waals surface area contributed by atoms with E-state index in [-0.39, 0.29) is 6.04 Å². The molecule has 3 nitrogen and oxygen atoms in total. The average Bonchev–Trinajstić information content (AvgIpc) is 2.59. The van der Waals surface area contributed by atoms with Crippen LogP contribution in [-0.4, -0.2) is 24.6 Å². The number of ether oxygens (including phenoxy) is 1. The molecule has 0 radical (unpaired) electrons. The van der Waals surface area contributed by atoms with E-state index >= 15 is 0 Å². The Morgan fingerprint density at radius 3 is 2.58 bits per heavy atom. The summed E-state index contributed by atoms with van der Waals surface area (Å²) < 4.78 is 5.21. The number of methoxy groups -OCH3 is 1. The molecule has 1 heterocycles. The van der Waals surface area contributed by atoms with Gasteiger partial charge in [0.15, 0.2) is 0 Å². The molecule has 0 fully saturated rings. The Kier molecular flexibility index (Phi) is 5.44. The molecular weight excluding hydrogens is 236 g/mol. The van der Waals surface area contributed by atoms with Crippen LogP contribution in [0.25, 0.3) is 0 Å². The summed E-state index contributed by atoms with van der Waals surface area (Å²) in [6, 6.07) is 2.47. The van der Waals surface area contributed by atoms with Crippen LogP contribution >= 0.6 is 0 Å². The van der Waals surface area contributed by atoms with Gasteiger partial charge in [0, 0.05) is 12.2 Å². The predicted molar refractivity (Wildman–Crippen MR) is 78.1 cm³/mol. The Labute approximate surface area is 116 Å². The molecule has 0 amide bonds. The van der Waals surface area contributed by atoms with Crippen molar-refractivity contribution in [2.75, 3.05) is 13.7 Å². The lowest BCUT2D eigenvalue weighted by atomic mass is 10.0. The van der Waals surface area contributed by atoms with Crippen molar-refractivity contribution in [3.8, 4) is 6.07 Å². The highest BCUT2D eigenvalue weighted by molar-refractivity contribution is 5.56. The first-order valence-corrected chi connectivity index (χ1v) is 6.75. The van der Waals surface area contributed by atoms with E-state index in [9.17, 15) is 5.26 Å². The second kappa shape index (κ2) is 6.84. The first-order chi connectivity index (χ1) is 9.22. The Morgan fingerprint density at radius 1 is 1.37 bits per heavy atom. The third kappa shape index (κ3) is 2.73. The zero-order valence-corrected chi connectivity index (χ0v) is 12.4. The first kappa shape index (κ1) is 15.1. The highest BCUT2D eigenvalue weighted by Crippen LogP contribution is 2.35. The standard InChI is InChI=1S/C14H16N2O.C2H6/c1-4-16-10(2)13(9-15)12-7-5-11(17-3)6-8-14(12)16;1-2/h5-8,14H,4H2,1-3H3;1-2H3. The van der Waals surface area contributed by atoms with Gasteiger partial charge in [-0.15, -0.1) is 0 Å². The number of nitrogens with zero attached hydrogens (tertiary/aromatic N) is 2. The lowest BCUT2D eigenvalue weighted by molar-refractivity contribution is 0.306.